The minimum atomic E-state index is -0.340. The van der Waals surface area contributed by atoms with Crippen LogP contribution in [0.25, 0.3) is 0 Å². The van der Waals surface area contributed by atoms with E-state index in [0.29, 0.717) is 12.5 Å². The Morgan fingerprint density at radius 2 is 1.84 bits per heavy atom. The minimum Gasteiger partial charge on any atom is -0.468 e. The fourth-order valence-corrected chi connectivity index (χ4v) is 3.22. The Bertz CT molecular complexity index is 319. The lowest BCUT2D eigenvalue weighted by molar-refractivity contribution is -0.152. The number of esters is 1. The molecule has 0 aromatic rings. The van der Waals surface area contributed by atoms with Crippen LogP contribution in [-0.4, -0.2) is 37.0 Å². The lowest BCUT2D eigenvalue weighted by Gasteiger charge is -2.34. The van der Waals surface area contributed by atoms with Crippen LogP contribution in [0.15, 0.2) is 0 Å². The van der Waals surface area contributed by atoms with Crippen molar-refractivity contribution in [2.75, 3.05) is 20.2 Å². The van der Waals surface area contributed by atoms with Crippen molar-refractivity contribution in [3.63, 3.8) is 0 Å². The lowest BCUT2D eigenvalue weighted by Crippen LogP contribution is -2.45. The second-order valence-corrected chi connectivity index (χ2v) is 5.98. The third-order valence-electron chi connectivity index (χ3n) is 4.03. The normalized spacial score (nSPS) is 17.5. The summed E-state index contributed by atoms with van der Waals surface area (Å²) in [4.78, 5) is 25.9. The first kappa shape index (κ1) is 16.0. The minimum absolute atomic E-state index is 0.0751. The number of hydrogen-bond donors (Lipinski definition) is 0. The van der Waals surface area contributed by atoms with Crippen LogP contribution in [0.4, 0.5) is 0 Å². The number of ether oxygens (including phenoxy) is 1. The summed E-state index contributed by atoms with van der Waals surface area (Å²) in [6.45, 7) is 6.87. The Balaban J connectivity index is 2.82. The van der Waals surface area contributed by atoms with E-state index in [9.17, 15) is 9.59 Å². The molecular weight excluding hydrogens is 242 g/mol. The van der Waals surface area contributed by atoms with Crippen molar-refractivity contribution >= 4 is 11.9 Å². The highest BCUT2D eigenvalue weighted by atomic mass is 16.5. The van der Waals surface area contributed by atoms with E-state index in [2.05, 4.69) is 18.6 Å². The Morgan fingerprint density at radius 1 is 1.26 bits per heavy atom. The fourth-order valence-electron chi connectivity index (χ4n) is 3.22. The second kappa shape index (κ2) is 6.92. The zero-order chi connectivity index (χ0) is 14.5. The number of rotatable bonds is 6. The van der Waals surface area contributed by atoms with Gasteiger partial charge in [-0.3, -0.25) is 9.59 Å². The van der Waals surface area contributed by atoms with Gasteiger partial charge >= 0.3 is 5.97 Å². The number of methoxy groups -OCH3 is 1. The third-order valence-corrected chi connectivity index (χ3v) is 4.03. The number of carbonyl (C=O) groups is 2. The first-order chi connectivity index (χ1) is 8.95. The molecule has 0 heterocycles. The van der Waals surface area contributed by atoms with E-state index in [1.54, 1.807) is 4.90 Å². The van der Waals surface area contributed by atoms with E-state index in [1.807, 2.05) is 6.92 Å². The molecule has 0 aliphatic heterocycles. The van der Waals surface area contributed by atoms with E-state index >= 15 is 0 Å². The predicted molar refractivity (Wildman–Crippen MR) is 74.6 cm³/mol. The highest BCUT2D eigenvalue weighted by Crippen LogP contribution is 2.44. The highest BCUT2D eigenvalue weighted by molar-refractivity contribution is 5.86. The van der Waals surface area contributed by atoms with Crippen molar-refractivity contribution in [2.45, 2.75) is 52.9 Å². The molecular formula is C15H27NO3. The Hall–Kier alpha value is -1.06. The van der Waals surface area contributed by atoms with Gasteiger partial charge in [0.25, 0.3) is 0 Å². The third kappa shape index (κ3) is 3.95. The van der Waals surface area contributed by atoms with Crippen molar-refractivity contribution in [1.29, 1.82) is 0 Å². The summed E-state index contributed by atoms with van der Waals surface area (Å²) in [6.07, 6.45) is 5.08. The first-order valence-corrected chi connectivity index (χ1v) is 7.31. The Morgan fingerprint density at radius 3 is 2.26 bits per heavy atom. The molecule has 1 aliphatic rings. The Labute approximate surface area is 116 Å². The molecule has 1 rings (SSSR count). The standard InChI is InChI=1S/C15H27NO3/c1-5-16(11-13(17)19-4)14(18)15(10-12(2)3)8-6-7-9-15/h12H,5-11H2,1-4H3. The van der Waals surface area contributed by atoms with E-state index < -0.39 is 0 Å². The topological polar surface area (TPSA) is 46.6 Å². The highest BCUT2D eigenvalue weighted by Gasteiger charge is 2.43. The van der Waals surface area contributed by atoms with Crippen LogP contribution in [0.3, 0.4) is 0 Å². The number of amides is 1. The van der Waals surface area contributed by atoms with Crippen molar-refractivity contribution in [2.24, 2.45) is 11.3 Å². The van der Waals surface area contributed by atoms with Gasteiger partial charge in [-0.2, -0.15) is 0 Å². The van der Waals surface area contributed by atoms with Gasteiger partial charge in [0.15, 0.2) is 0 Å². The van der Waals surface area contributed by atoms with Gasteiger partial charge in [-0.15, -0.1) is 0 Å². The predicted octanol–water partition coefficient (Wildman–Crippen LogP) is 2.61. The van der Waals surface area contributed by atoms with Crippen LogP contribution in [0.1, 0.15) is 52.9 Å². The molecule has 1 saturated carbocycles. The maximum absolute atomic E-state index is 12.8. The summed E-state index contributed by atoms with van der Waals surface area (Å²) in [5.74, 6) is 0.304. The number of likely N-dealkylation sites (N-methyl/N-ethyl adjacent to an activating group) is 1. The molecule has 110 valence electrons. The van der Waals surface area contributed by atoms with E-state index in [0.717, 1.165) is 32.1 Å². The van der Waals surface area contributed by atoms with Gasteiger partial charge < -0.3 is 9.64 Å². The molecule has 0 N–H and O–H groups in total. The van der Waals surface area contributed by atoms with Crippen LogP contribution in [0.2, 0.25) is 0 Å². The maximum Gasteiger partial charge on any atom is 0.325 e. The average molecular weight is 269 g/mol. The molecule has 0 aromatic heterocycles. The SMILES string of the molecule is CCN(CC(=O)OC)C(=O)C1(CC(C)C)CCCC1. The number of hydrogen-bond acceptors (Lipinski definition) is 3. The molecule has 0 saturated heterocycles. The van der Waals surface area contributed by atoms with Gasteiger partial charge in [-0.1, -0.05) is 26.7 Å². The van der Waals surface area contributed by atoms with Gasteiger partial charge in [-0.25, -0.2) is 0 Å². The zero-order valence-electron chi connectivity index (χ0n) is 12.7. The summed E-state index contributed by atoms with van der Waals surface area (Å²) in [5.41, 5.74) is -0.238. The van der Waals surface area contributed by atoms with E-state index in [4.69, 9.17) is 0 Å². The quantitative estimate of drug-likeness (QED) is 0.696. The maximum atomic E-state index is 12.8. The molecule has 0 spiro atoms. The molecule has 0 bridgehead atoms. The van der Waals surface area contributed by atoms with Gasteiger partial charge in [0, 0.05) is 12.0 Å². The fraction of sp³-hybridized carbons (Fsp3) is 0.867. The van der Waals surface area contributed by atoms with Crippen LogP contribution in [0.5, 0.6) is 0 Å². The monoisotopic (exact) mass is 269 g/mol. The lowest BCUT2D eigenvalue weighted by atomic mass is 9.77. The molecule has 0 unspecified atom stereocenters. The van der Waals surface area contributed by atoms with Crippen molar-refractivity contribution in [1.82, 2.24) is 4.90 Å². The summed E-state index contributed by atoms with van der Waals surface area (Å²) in [7, 11) is 1.36. The summed E-state index contributed by atoms with van der Waals surface area (Å²) < 4.78 is 4.68. The average Bonchev–Trinajstić information content (AvgIpc) is 2.83. The first-order valence-electron chi connectivity index (χ1n) is 7.31. The summed E-state index contributed by atoms with van der Waals surface area (Å²) in [6, 6.07) is 0. The number of nitrogens with zero attached hydrogens (tertiary/aromatic N) is 1. The second-order valence-electron chi connectivity index (χ2n) is 5.98. The van der Waals surface area contributed by atoms with Crippen LogP contribution in [0, 0.1) is 11.3 Å². The van der Waals surface area contributed by atoms with Gasteiger partial charge in [0.1, 0.15) is 6.54 Å². The molecule has 4 nitrogen and oxygen atoms in total. The molecule has 0 radical (unpaired) electrons. The van der Waals surface area contributed by atoms with Crippen molar-refractivity contribution in [3.8, 4) is 0 Å². The van der Waals surface area contributed by atoms with Crippen LogP contribution >= 0.6 is 0 Å². The van der Waals surface area contributed by atoms with E-state index in [1.165, 1.54) is 7.11 Å². The molecule has 1 aliphatic carbocycles. The van der Waals surface area contributed by atoms with Crippen molar-refractivity contribution < 1.29 is 14.3 Å². The van der Waals surface area contributed by atoms with Crippen molar-refractivity contribution in [3.05, 3.63) is 0 Å². The molecule has 1 fully saturated rings. The summed E-state index contributed by atoms with van der Waals surface area (Å²) in [5, 5.41) is 0. The molecule has 1 amide bonds. The molecule has 19 heavy (non-hydrogen) atoms. The van der Waals surface area contributed by atoms with Gasteiger partial charge in [0.05, 0.1) is 7.11 Å². The molecule has 4 heteroatoms. The van der Waals surface area contributed by atoms with Gasteiger partial charge in [-0.05, 0) is 32.1 Å². The van der Waals surface area contributed by atoms with Gasteiger partial charge in [0.2, 0.25) is 5.91 Å². The summed E-state index contributed by atoms with van der Waals surface area (Å²) >= 11 is 0. The smallest absolute Gasteiger partial charge is 0.325 e. The molecule has 0 aromatic carbocycles. The van der Waals surface area contributed by atoms with Crippen LogP contribution < -0.4 is 0 Å². The number of carbonyl (C=O) groups excluding carboxylic acids is 2. The Kier molecular flexibility index (Phi) is 5.83. The molecule has 0 atom stereocenters. The van der Waals surface area contributed by atoms with Crippen LogP contribution in [-0.2, 0) is 14.3 Å². The van der Waals surface area contributed by atoms with E-state index in [-0.39, 0.29) is 23.8 Å². The largest absolute Gasteiger partial charge is 0.468 e. The zero-order valence-corrected chi connectivity index (χ0v) is 12.7.